The molecule has 0 radical (unpaired) electrons. The van der Waals surface area contributed by atoms with Crippen LogP contribution in [0.25, 0.3) is 106 Å². The third-order valence-electron chi connectivity index (χ3n) is 10.4. The number of rotatable bonds is 3. The topological polar surface area (TPSA) is 0 Å². The molecule has 2 heterocycles. The molecule has 0 nitrogen and oxygen atoms in total. The third kappa shape index (κ3) is 4.16. The summed E-state index contributed by atoms with van der Waals surface area (Å²) in [6, 6.07) is 63.3. The van der Waals surface area contributed by atoms with Gasteiger partial charge in [-0.15, -0.1) is 22.7 Å². The first-order valence-corrected chi connectivity index (χ1v) is 18.7. The number of hydrogen-bond donors (Lipinski definition) is 0. The summed E-state index contributed by atoms with van der Waals surface area (Å²) in [6.07, 6.45) is 0. The zero-order chi connectivity index (χ0) is 32.8. The normalized spacial score (nSPS) is 12.0. The Morgan fingerprint density at radius 3 is 1.48 bits per heavy atom. The minimum Gasteiger partial charge on any atom is -0.135 e. The van der Waals surface area contributed by atoms with Gasteiger partial charge in [0.2, 0.25) is 0 Å². The lowest BCUT2D eigenvalue weighted by Gasteiger charge is -2.20. The Morgan fingerprint density at radius 2 is 0.760 bits per heavy atom. The fourth-order valence-electron chi connectivity index (χ4n) is 8.20. The van der Waals surface area contributed by atoms with E-state index in [1.165, 1.54) is 106 Å². The molecule has 2 heteroatoms. The van der Waals surface area contributed by atoms with E-state index in [1.807, 2.05) is 22.7 Å². The van der Waals surface area contributed by atoms with Crippen molar-refractivity contribution in [1.29, 1.82) is 0 Å². The van der Waals surface area contributed by atoms with Crippen LogP contribution in [-0.2, 0) is 0 Å². The van der Waals surface area contributed by atoms with E-state index in [0.717, 1.165) is 0 Å². The van der Waals surface area contributed by atoms with Crippen LogP contribution < -0.4 is 0 Å². The largest absolute Gasteiger partial charge is 0.135 e. The molecule has 0 aliphatic heterocycles. The summed E-state index contributed by atoms with van der Waals surface area (Å²) in [4.78, 5) is 0. The Labute approximate surface area is 297 Å². The Morgan fingerprint density at radius 1 is 0.260 bits per heavy atom. The van der Waals surface area contributed by atoms with Gasteiger partial charge in [-0.2, -0.15) is 0 Å². The predicted molar refractivity (Wildman–Crippen MR) is 221 cm³/mol. The van der Waals surface area contributed by atoms with E-state index in [0.29, 0.717) is 0 Å². The van der Waals surface area contributed by atoms with Crippen molar-refractivity contribution in [3.63, 3.8) is 0 Å². The summed E-state index contributed by atoms with van der Waals surface area (Å²) in [5.41, 5.74) is 7.57. The Balaban J connectivity index is 1.21. The Kier molecular flexibility index (Phi) is 6.09. The van der Waals surface area contributed by atoms with Crippen molar-refractivity contribution < 1.29 is 0 Å². The number of fused-ring (bicyclic) bond motifs is 10. The van der Waals surface area contributed by atoms with Gasteiger partial charge in [-0.1, -0.05) is 127 Å². The molecule has 9 aromatic carbocycles. The minimum absolute atomic E-state index is 1.23. The highest BCUT2D eigenvalue weighted by atomic mass is 32.1. The van der Waals surface area contributed by atoms with Gasteiger partial charge in [-0.05, 0) is 108 Å². The molecule has 0 aliphatic carbocycles. The minimum atomic E-state index is 1.23. The highest BCUT2D eigenvalue weighted by molar-refractivity contribution is 7.26. The molecule has 0 atom stereocenters. The summed E-state index contributed by atoms with van der Waals surface area (Å²) < 4.78 is 5.33. The van der Waals surface area contributed by atoms with Crippen molar-refractivity contribution >= 4 is 95.3 Å². The van der Waals surface area contributed by atoms with Crippen LogP contribution in [-0.4, -0.2) is 0 Å². The van der Waals surface area contributed by atoms with Gasteiger partial charge >= 0.3 is 0 Å². The average molecular weight is 669 g/mol. The van der Waals surface area contributed by atoms with Gasteiger partial charge in [0, 0.05) is 40.3 Å². The maximum Gasteiger partial charge on any atom is 0.0355 e. The van der Waals surface area contributed by atoms with Gasteiger partial charge < -0.3 is 0 Å². The molecular formula is C48H28S2. The molecule has 50 heavy (non-hydrogen) atoms. The second-order valence-electron chi connectivity index (χ2n) is 13.2. The summed E-state index contributed by atoms with van der Waals surface area (Å²) in [5.74, 6) is 0. The van der Waals surface area contributed by atoms with Crippen LogP contribution >= 0.6 is 22.7 Å². The van der Waals surface area contributed by atoms with Gasteiger partial charge in [0.25, 0.3) is 0 Å². The molecule has 0 saturated heterocycles. The van der Waals surface area contributed by atoms with E-state index in [2.05, 4.69) is 170 Å². The van der Waals surface area contributed by atoms with E-state index in [1.54, 1.807) is 0 Å². The van der Waals surface area contributed by atoms with Crippen LogP contribution in [0.3, 0.4) is 0 Å². The van der Waals surface area contributed by atoms with E-state index in [9.17, 15) is 0 Å². The van der Waals surface area contributed by atoms with Crippen molar-refractivity contribution in [3.8, 4) is 33.4 Å². The summed E-state index contributed by atoms with van der Waals surface area (Å²) in [6.45, 7) is 0. The second kappa shape index (κ2) is 10.9. The lowest BCUT2D eigenvalue weighted by molar-refractivity contribution is 1.64. The molecule has 232 valence electrons. The monoisotopic (exact) mass is 668 g/mol. The van der Waals surface area contributed by atoms with E-state index < -0.39 is 0 Å². The molecule has 0 saturated carbocycles. The molecule has 11 aromatic rings. The standard InChI is InChI=1S/C48H28S2/c1-2-13-34-29(10-1)20-23-39-46(33-22-25-45-41(28-33)36-15-6-8-19-43(36)50-45)37-16-3-4-17-38(37)47(48(34)39)32-12-9-11-30(26-32)31-21-24-44-40(27-31)35-14-5-7-18-42(35)49-44/h1-28H. The maximum atomic E-state index is 2.43. The van der Waals surface area contributed by atoms with Crippen molar-refractivity contribution in [3.05, 3.63) is 170 Å². The molecular weight excluding hydrogens is 641 g/mol. The molecule has 0 spiro atoms. The maximum absolute atomic E-state index is 2.43. The molecule has 2 aromatic heterocycles. The van der Waals surface area contributed by atoms with Crippen molar-refractivity contribution in [1.82, 2.24) is 0 Å². The zero-order valence-electron chi connectivity index (χ0n) is 27.0. The smallest absolute Gasteiger partial charge is 0.0355 e. The first-order valence-electron chi connectivity index (χ1n) is 17.1. The molecule has 0 N–H and O–H groups in total. The average Bonchev–Trinajstić information content (AvgIpc) is 3.74. The molecule has 11 rings (SSSR count). The van der Waals surface area contributed by atoms with Crippen LogP contribution in [0, 0.1) is 0 Å². The molecule has 0 fully saturated rings. The second-order valence-corrected chi connectivity index (χ2v) is 15.4. The number of benzene rings is 9. The first kappa shape index (κ1) is 28.1. The van der Waals surface area contributed by atoms with Crippen molar-refractivity contribution in [2.24, 2.45) is 0 Å². The van der Waals surface area contributed by atoms with Gasteiger partial charge in [0.15, 0.2) is 0 Å². The van der Waals surface area contributed by atoms with Crippen LogP contribution in [0.5, 0.6) is 0 Å². The van der Waals surface area contributed by atoms with Gasteiger partial charge in [0.1, 0.15) is 0 Å². The van der Waals surface area contributed by atoms with Crippen LogP contribution in [0.15, 0.2) is 170 Å². The summed E-state index contributed by atoms with van der Waals surface area (Å²) >= 11 is 3.75. The molecule has 0 bridgehead atoms. The summed E-state index contributed by atoms with van der Waals surface area (Å²) in [7, 11) is 0. The lowest BCUT2D eigenvalue weighted by Crippen LogP contribution is -1.92. The molecule has 0 aliphatic rings. The van der Waals surface area contributed by atoms with E-state index in [-0.39, 0.29) is 0 Å². The quantitative estimate of drug-likeness (QED) is 0.130. The van der Waals surface area contributed by atoms with Crippen LogP contribution in [0.2, 0.25) is 0 Å². The van der Waals surface area contributed by atoms with E-state index in [4.69, 9.17) is 0 Å². The zero-order valence-corrected chi connectivity index (χ0v) is 28.6. The van der Waals surface area contributed by atoms with Gasteiger partial charge in [-0.3, -0.25) is 0 Å². The Bertz CT molecular complexity index is 3160. The highest BCUT2D eigenvalue weighted by Gasteiger charge is 2.20. The van der Waals surface area contributed by atoms with Gasteiger partial charge in [-0.25, -0.2) is 0 Å². The highest BCUT2D eigenvalue weighted by Crippen LogP contribution is 2.48. The SMILES string of the molecule is c1cc(-c2ccc3sc4ccccc4c3c2)cc(-c2c3ccccc3c(-c3ccc4sc5ccccc5c4c3)c3ccc4ccccc4c23)c1. The van der Waals surface area contributed by atoms with Gasteiger partial charge in [0.05, 0.1) is 0 Å². The summed E-state index contributed by atoms with van der Waals surface area (Å²) in [5, 5.41) is 13.0. The fourth-order valence-corrected chi connectivity index (χ4v) is 10.4. The molecule has 0 amide bonds. The van der Waals surface area contributed by atoms with Crippen molar-refractivity contribution in [2.75, 3.05) is 0 Å². The Hall–Kier alpha value is -5.80. The van der Waals surface area contributed by atoms with E-state index >= 15 is 0 Å². The van der Waals surface area contributed by atoms with Crippen LogP contribution in [0.4, 0.5) is 0 Å². The molecule has 0 unspecified atom stereocenters. The predicted octanol–water partition coefficient (Wildman–Crippen LogP) is 14.9. The van der Waals surface area contributed by atoms with Crippen molar-refractivity contribution in [2.45, 2.75) is 0 Å². The lowest BCUT2D eigenvalue weighted by atomic mass is 9.83. The van der Waals surface area contributed by atoms with Crippen LogP contribution in [0.1, 0.15) is 0 Å². The fraction of sp³-hybridized carbons (Fsp3) is 0. The third-order valence-corrected chi connectivity index (χ3v) is 12.7. The number of hydrogen-bond acceptors (Lipinski definition) is 2. The first-order chi connectivity index (χ1) is 24.8. The number of thiophene rings is 2.